The van der Waals surface area contributed by atoms with E-state index >= 15 is 0 Å². The van der Waals surface area contributed by atoms with Gasteiger partial charge in [-0.25, -0.2) is 5.43 Å². The van der Waals surface area contributed by atoms with E-state index in [1.165, 1.54) is 0 Å². The van der Waals surface area contributed by atoms with Crippen LogP contribution in [0.2, 0.25) is 0 Å². The zero-order chi connectivity index (χ0) is 6.69. The second kappa shape index (κ2) is 2.94. The van der Waals surface area contributed by atoms with Gasteiger partial charge in [-0.2, -0.15) is 0 Å². The number of carbonyl (C=O) groups is 1. The molecule has 0 heterocycles. The lowest BCUT2D eigenvalue weighted by molar-refractivity contribution is -0.122. The summed E-state index contributed by atoms with van der Waals surface area (Å²) in [6.45, 7) is 0. The number of nitrogens with two attached hydrogens (primary N) is 1. The van der Waals surface area contributed by atoms with Gasteiger partial charge in [-0.1, -0.05) is 6.42 Å². The van der Waals surface area contributed by atoms with E-state index in [-0.39, 0.29) is 11.8 Å². The Morgan fingerprint density at radius 3 is 2.78 bits per heavy atom. The Labute approximate surface area is 54.6 Å². The maximum Gasteiger partial charge on any atom is 0.151 e. The molecule has 1 atom stereocenters. The zero-order valence-corrected chi connectivity index (χ0v) is 5.39. The Bertz CT molecular complexity index is 114. The first kappa shape index (κ1) is 6.71. The molecular formula is C6H12N2O. The molecule has 3 N–H and O–H groups in total. The lowest BCUT2D eigenvalue weighted by Crippen LogP contribution is -2.42. The first-order valence-electron chi connectivity index (χ1n) is 3.33. The van der Waals surface area contributed by atoms with Crippen LogP contribution in [0.15, 0.2) is 0 Å². The maximum atomic E-state index is 10.9. The van der Waals surface area contributed by atoms with Crippen LogP contribution in [0.1, 0.15) is 25.7 Å². The van der Waals surface area contributed by atoms with Gasteiger partial charge in [0.2, 0.25) is 0 Å². The van der Waals surface area contributed by atoms with Gasteiger partial charge in [0.15, 0.2) is 5.78 Å². The molecule has 0 aromatic heterocycles. The van der Waals surface area contributed by atoms with Crippen LogP contribution in [0.4, 0.5) is 0 Å². The van der Waals surface area contributed by atoms with Gasteiger partial charge < -0.3 is 0 Å². The molecule has 0 saturated heterocycles. The molecule has 3 nitrogen and oxygen atoms in total. The molecule has 9 heavy (non-hydrogen) atoms. The van der Waals surface area contributed by atoms with Crippen molar-refractivity contribution in [2.45, 2.75) is 31.7 Å². The highest BCUT2D eigenvalue weighted by atomic mass is 16.1. The molecule has 1 fully saturated rings. The van der Waals surface area contributed by atoms with Crippen molar-refractivity contribution in [3.8, 4) is 0 Å². The Morgan fingerprint density at radius 1 is 1.56 bits per heavy atom. The molecule has 0 aromatic carbocycles. The Morgan fingerprint density at radius 2 is 2.33 bits per heavy atom. The molecule has 1 aliphatic carbocycles. The van der Waals surface area contributed by atoms with Crippen molar-refractivity contribution in [3.05, 3.63) is 0 Å². The molecule has 1 unspecified atom stereocenters. The fraction of sp³-hybridized carbons (Fsp3) is 0.833. The normalized spacial score (nSPS) is 28.6. The van der Waals surface area contributed by atoms with E-state index in [1.807, 2.05) is 0 Å². The number of carbonyl (C=O) groups excluding carboxylic acids is 1. The smallest absolute Gasteiger partial charge is 0.151 e. The van der Waals surface area contributed by atoms with E-state index in [0.29, 0.717) is 6.42 Å². The Kier molecular flexibility index (Phi) is 2.19. The molecular weight excluding hydrogens is 116 g/mol. The lowest BCUT2D eigenvalue weighted by Gasteiger charge is -2.18. The summed E-state index contributed by atoms with van der Waals surface area (Å²) < 4.78 is 0. The largest absolute Gasteiger partial charge is 0.298 e. The van der Waals surface area contributed by atoms with E-state index < -0.39 is 0 Å². The van der Waals surface area contributed by atoms with Crippen molar-refractivity contribution in [1.29, 1.82) is 0 Å². The van der Waals surface area contributed by atoms with E-state index in [4.69, 9.17) is 5.84 Å². The number of Topliss-reactive ketones (excluding diaryl/α,β-unsaturated/α-hetero) is 1. The average molecular weight is 128 g/mol. The monoisotopic (exact) mass is 128 g/mol. The predicted octanol–water partition coefficient (Wildman–Crippen LogP) is -0.0386. The van der Waals surface area contributed by atoms with Crippen LogP contribution >= 0.6 is 0 Å². The summed E-state index contributed by atoms with van der Waals surface area (Å²) in [5.74, 6) is 5.39. The zero-order valence-electron chi connectivity index (χ0n) is 5.39. The van der Waals surface area contributed by atoms with Gasteiger partial charge in [0.05, 0.1) is 6.04 Å². The number of hydrazine groups is 1. The quantitative estimate of drug-likeness (QED) is 0.385. The predicted molar refractivity (Wildman–Crippen MR) is 34.6 cm³/mol. The Hall–Kier alpha value is -0.410. The van der Waals surface area contributed by atoms with Crippen LogP contribution in [-0.4, -0.2) is 11.8 Å². The van der Waals surface area contributed by atoms with Crippen LogP contribution < -0.4 is 11.3 Å². The minimum absolute atomic E-state index is 0.0567. The number of hydrogen-bond donors (Lipinski definition) is 2. The van der Waals surface area contributed by atoms with Gasteiger partial charge in [-0.15, -0.1) is 0 Å². The highest BCUT2D eigenvalue weighted by Gasteiger charge is 2.19. The van der Waals surface area contributed by atoms with Crippen molar-refractivity contribution in [2.24, 2.45) is 5.84 Å². The summed E-state index contributed by atoms with van der Waals surface area (Å²) in [4.78, 5) is 10.9. The van der Waals surface area contributed by atoms with Crippen LogP contribution in [0.3, 0.4) is 0 Å². The van der Waals surface area contributed by atoms with E-state index in [9.17, 15) is 4.79 Å². The van der Waals surface area contributed by atoms with E-state index in [1.54, 1.807) is 0 Å². The molecule has 0 aromatic rings. The van der Waals surface area contributed by atoms with Gasteiger partial charge in [-0.05, 0) is 12.8 Å². The molecule has 52 valence electrons. The minimum atomic E-state index is -0.0567. The topological polar surface area (TPSA) is 55.1 Å². The molecule has 0 bridgehead atoms. The highest BCUT2D eigenvalue weighted by Crippen LogP contribution is 2.13. The van der Waals surface area contributed by atoms with E-state index in [0.717, 1.165) is 19.3 Å². The van der Waals surface area contributed by atoms with Crippen molar-refractivity contribution in [1.82, 2.24) is 5.43 Å². The molecule has 0 amide bonds. The van der Waals surface area contributed by atoms with Crippen molar-refractivity contribution >= 4 is 5.78 Å². The first-order valence-corrected chi connectivity index (χ1v) is 3.33. The van der Waals surface area contributed by atoms with Crippen LogP contribution in [0, 0.1) is 0 Å². The molecule has 3 heteroatoms. The van der Waals surface area contributed by atoms with Crippen molar-refractivity contribution < 1.29 is 4.79 Å². The van der Waals surface area contributed by atoms with Crippen LogP contribution in [0.25, 0.3) is 0 Å². The van der Waals surface area contributed by atoms with Crippen LogP contribution in [-0.2, 0) is 4.79 Å². The highest BCUT2D eigenvalue weighted by molar-refractivity contribution is 5.84. The fourth-order valence-corrected chi connectivity index (χ4v) is 1.16. The molecule has 1 saturated carbocycles. The van der Waals surface area contributed by atoms with Crippen molar-refractivity contribution in [2.75, 3.05) is 0 Å². The average Bonchev–Trinajstić information content (AvgIpc) is 1.89. The fourth-order valence-electron chi connectivity index (χ4n) is 1.16. The summed E-state index contributed by atoms with van der Waals surface area (Å²) in [6.07, 6.45) is 3.78. The summed E-state index contributed by atoms with van der Waals surface area (Å²) in [6, 6.07) is -0.0567. The molecule has 0 aliphatic heterocycles. The second-order valence-corrected chi connectivity index (χ2v) is 2.43. The summed E-state index contributed by atoms with van der Waals surface area (Å²) >= 11 is 0. The van der Waals surface area contributed by atoms with Crippen LogP contribution in [0.5, 0.6) is 0 Å². The molecule has 0 spiro atoms. The first-order chi connectivity index (χ1) is 4.34. The van der Waals surface area contributed by atoms with Gasteiger partial charge in [0, 0.05) is 6.42 Å². The lowest BCUT2D eigenvalue weighted by atomic mass is 9.95. The number of rotatable bonds is 1. The standard InChI is InChI=1S/C6H12N2O/c7-8-5-3-1-2-4-6(5)9/h5,8H,1-4,7H2. The summed E-state index contributed by atoms with van der Waals surface area (Å²) in [5, 5.41) is 0. The third-order valence-electron chi connectivity index (χ3n) is 1.76. The molecule has 0 radical (unpaired) electrons. The minimum Gasteiger partial charge on any atom is -0.298 e. The second-order valence-electron chi connectivity index (χ2n) is 2.43. The third-order valence-corrected chi connectivity index (χ3v) is 1.76. The SMILES string of the molecule is NNC1CCCCC1=O. The van der Waals surface area contributed by atoms with E-state index in [2.05, 4.69) is 5.43 Å². The van der Waals surface area contributed by atoms with Gasteiger partial charge in [0.25, 0.3) is 0 Å². The summed E-state index contributed by atoms with van der Waals surface area (Å²) in [5.41, 5.74) is 2.50. The number of hydrogen-bond acceptors (Lipinski definition) is 3. The maximum absolute atomic E-state index is 10.9. The molecule has 1 rings (SSSR count). The van der Waals surface area contributed by atoms with Crippen molar-refractivity contribution in [3.63, 3.8) is 0 Å². The number of ketones is 1. The Balaban J connectivity index is 2.39. The number of nitrogens with one attached hydrogen (secondary N) is 1. The van der Waals surface area contributed by atoms with Gasteiger partial charge in [-0.3, -0.25) is 10.6 Å². The molecule has 1 aliphatic rings. The van der Waals surface area contributed by atoms with Gasteiger partial charge in [0.1, 0.15) is 0 Å². The van der Waals surface area contributed by atoms with Gasteiger partial charge >= 0.3 is 0 Å². The summed E-state index contributed by atoms with van der Waals surface area (Å²) in [7, 11) is 0. The third kappa shape index (κ3) is 1.50.